The molecular weight excluding hydrogens is 124 g/mol. The molecule has 1 aliphatic heterocycles. The third-order valence-corrected chi connectivity index (χ3v) is 2.15. The lowest BCUT2D eigenvalue weighted by Gasteiger charge is -1.98. The molecule has 0 N–H and O–H groups in total. The minimum absolute atomic E-state index is 1.07. The standard InChI is InChI=1S/C8H12N2/c1-2-8-9-6-7-4-3-5-10(7)8/h6H,2-5H2,1H3. The molecule has 0 unspecified atom stereocenters. The highest BCUT2D eigenvalue weighted by atomic mass is 15.1. The second-order valence-electron chi connectivity index (χ2n) is 2.77. The van der Waals surface area contributed by atoms with Crippen LogP contribution in [0.3, 0.4) is 0 Å². The maximum absolute atomic E-state index is 4.32. The first-order valence-electron chi connectivity index (χ1n) is 3.95. The van der Waals surface area contributed by atoms with Gasteiger partial charge >= 0.3 is 0 Å². The van der Waals surface area contributed by atoms with E-state index < -0.39 is 0 Å². The van der Waals surface area contributed by atoms with Gasteiger partial charge in [0, 0.05) is 24.9 Å². The Labute approximate surface area is 60.9 Å². The van der Waals surface area contributed by atoms with E-state index in [0.29, 0.717) is 0 Å². The number of nitrogens with zero attached hydrogens (tertiary/aromatic N) is 2. The zero-order valence-electron chi connectivity index (χ0n) is 6.30. The van der Waals surface area contributed by atoms with E-state index in [4.69, 9.17) is 0 Å². The van der Waals surface area contributed by atoms with Gasteiger partial charge in [0.2, 0.25) is 0 Å². The molecule has 0 radical (unpaired) electrons. The highest BCUT2D eigenvalue weighted by molar-refractivity contribution is 5.09. The monoisotopic (exact) mass is 136 g/mol. The molecule has 2 heteroatoms. The predicted molar refractivity (Wildman–Crippen MR) is 39.9 cm³/mol. The average molecular weight is 136 g/mol. The number of hydrogen-bond donors (Lipinski definition) is 0. The molecule has 0 saturated heterocycles. The van der Waals surface area contributed by atoms with Crippen molar-refractivity contribution in [3.8, 4) is 0 Å². The first-order chi connectivity index (χ1) is 4.92. The number of fused-ring (bicyclic) bond motifs is 1. The number of hydrogen-bond acceptors (Lipinski definition) is 1. The van der Waals surface area contributed by atoms with Crippen molar-refractivity contribution >= 4 is 0 Å². The Morgan fingerprint density at radius 2 is 2.60 bits per heavy atom. The molecule has 0 bridgehead atoms. The van der Waals surface area contributed by atoms with Crippen LogP contribution in [0.2, 0.25) is 0 Å². The fourth-order valence-corrected chi connectivity index (χ4v) is 1.63. The maximum Gasteiger partial charge on any atom is 0.108 e. The maximum atomic E-state index is 4.32. The number of imidazole rings is 1. The molecule has 54 valence electrons. The molecule has 2 nitrogen and oxygen atoms in total. The van der Waals surface area contributed by atoms with E-state index in [1.807, 2.05) is 6.20 Å². The van der Waals surface area contributed by atoms with E-state index >= 15 is 0 Å². The minimum atomic E-state index is 1.07. The number of aryl methyl sites for hydroxylation is 2. The van der Waals surface area contributed by atoms with E-state index in [9.17, 15) is 0 Å². The van der Waals surface area contributed by atoms with E-state index in [-0.39, 0.29) is 0 Å². The lowest BCUT2D eigenvalue weighted by atomic mass is 10.3. The van der Waals surface area contributed by atoms with Crippen molar-refractivity contribution < 1.29 is 0 Å². The van der Waals surface area contributed by atoms with Gasteiger partial charge in [-0.25, -0.2) is 4.98 Å². The van der Waals surface area contributed by atoms with Crippen LogP contribution in [0.1, 0.15) is 24.9 Å². The van der Waals surface area contributed by atoms with Crippen LogP contribution in [0.15, 0.2) is 6.20 Å². The topological polar surface area (TPSA) is 17.8 Å². The smallest absolute Gasteiger partial charge is 0.108 e. The van der Waals surface area contributed by atoms with Crippen molar-refractivity contribution in [1.82, 2.24) is 9.55 Å². The van der Waals surface area contributed by atoms with E-state index in [1.165, 1.54) is 30.9 Å². The number of rotatable bonds is 1. The van der Waals surface area contributed by atoms with E-state index in [2.05, 4.69) is 16.5 Å². The van der Waals surface area contributed by atoms with Gasteiger partial charge in [-0.2, -0.15) is 0 Å². The van der Waals surface area contributed by atoms with Crippen LogP contribution >= 0.6 is 0 Å². The molecule has 2 rings (SSSR count). The second kappa shape index (κ2) is 2.11. The third kappa shape index (κ3) is 0.681. The summed E-state index contributed by atoms with van der Waals surface area (Å²) in [6.45, 7) is 3.35. The zero-order valence-corrected chi connectivity index (χ0v) is 6.30. The Morgan fingerprint density at radius 3 is 3.40 bits per heavy atom. The van der Waals surface area contributed by atoms with Crippen molar-refractivity contribution in [1.29, 1.82) is 0 Å². The lowest BCUT2D eigenvalue weighted by molar-refractivity contribution is 0.695. The highest BCUT2D eigenvalue weighted by Crippen LogP contribution is 2.16. The zero-order chi connectivity index (χ0) is 6.97. The molecule has 0 aliphatic carbocycles. The van der Waals surface area contributed by atoms with Crippen molar-refractivity contribution in [3.05, 3.63) is 17.7 Å². The van der Waals surface area contributed by atoms with Gasteiger partial charge in [-0.05, 0) is 12.8 Å². The van der Waals surface area contributed by atoms with Gasteiger partial charge in [-0.3, -0.25) is 0 Å². The summed E-state index contributed by atoms with van der Waals surface area (Å²) < 4.78 is 2.35. The SMILES string of the molecule is CCc1ncc2n1CCC2. The first-order valence-corrected chi connectivity index (χ1v) is 3.95. The first kappa shape index (κ1) is 5.96. The van der Waals surface area contributed by atoms with Crippen LogP contribution in [-0.4, -0.2) is 9.55 Å². The van der Waals surface area contributed by atoms with Gasteiger partial charge in [-0.1, -0.05) is 6.92 Å². The summed E-state index contributed by atoms with van der Waals surface area (Å²) in [7, 11) is 0. The van der Waals surface area contributed by atoms with Crippen molar-refractivity contribution in [2.45, 2.75) is 32.7 Å². The molecule has 0 saturated carbocycles. The average Bonchev–Trinajstić information content (AvgIpc) is 2.44. The normalized spacial score (nSPS) is 15.7. The Bertz CT molecular complexity index is 237. The number of aromatic nitrogens is 2. The molecule has 0 atom stereocenters. The van der Waals surface area contributed by atoms with Crippen molar-refractivity contribution in [2.24, 2.45) is 0 Å². The van der Waals surface area contributed by atoms with Gasteiger partial charge in [0.15, 0.2) is 0 Å². The van der Waals surface area contributed by atoms with Gasteiger partial charge in [0.05, 0.1) is 0 Å². The fourth-order valence-electron chi connectivity index (χ4n) is 1.63. The summed E-state index contributed by atoms with van der Waals surface area (Å²) in [6.07, 6.45) is 5.63. The summed E-state index contributed by atoms with van der Waals surface area (Å²) in [4.78, 5) is 4.32. The molecule has 2 heterocycles. The summed E-state index contributed by atoms with van der Waals surface area (Å²) in [5, 5.41) is 0. The highest BCUT2D eigenvalue weighted by Gasteiger charge is 2.12. The van der Waals surface area contributed by atoms with Gasteiger partial charge in [0.25, 0.3) is 0 Å². The predicted octanol–water partition coefficient (Wildman–Crippen LogP) is 1.39. The van der Waals surface area contributed by atoms with Crippen LogP contribution in [0.4, 0.5) is 0 Å². The quantitative estimate of drug-likeness (QED) is 0.570. The largest absolute Gasteiger partial charge is 0.332 e. The Balaban J connectivity index is 2.44. The minimum Gasteiger partial charge on any atom is -0.332 e. The molecule has 0 fully saturated rings. The molecular formula is C8H12N2. The Kier molecular flexibility index (Phi) is 1.26. The van der Waals surface area contributed by atoms with Gasteiger partial charge in [0.1, 0.15) is 5.82 Å². The molecule has 0 amide bonds. The van der Waals surface area contributed by atoms with E-state index in [1.54, 1.807) is 0 Å². The summed E-state index contributed by atoms with van der Waals surface area (Å²) in [5.74, 6) is 1.26. The Hall–Kier alpha value is -0.790. The molecule has 0 spiro atoms. The molecule has 1 aliphatic rings. The van der Waals surface area contributed by atoms with Crippen LogP contribution in [0, 0.1) is 0 Å². The summed E-state index contributed by atoms with van der Waals surface area (Å²) >= 11 is 0. The van der Waals surface area contributed by atoms with Gasteiger partial charge < -0.3 is 4.57 Å². The Morgan fingerprint density at radius 1 is 1.70 bits per heavy atom. The fraction of sp³-hybridized carbons (Fsp3) is 0.625. The van der Waals surface area contributed by atoms with Crippen LogP contribution in [-0.2, 0) is 19.4 Å². The molecule has 1 aromatic rings. The van der Waals surface area contributed by atoms with Crippen LogP contribution < -0.4 is 0 Å². The molecule has 1 aromatic heterocycles. The van der Waals surface area contributed by atoms with Crippen LogP contribution in [0.25, 0.3) is 0 Å². The second-order valence-corrected chi connectivity index (χ2v) is 2.77. The van der Waals surface area contributed by atoms with Crippen LogP contribution in [0.5, 0.6) is 0 Å². The lowest BCUT2D eigenvalue weighted by Crippen LogP contribution is -1.98. The summed E-state index contributed by atoms with van der Waals surface area (Å²) in [6, 6.07) is 0. The molecule has 0 aromatic carbocycles. The van der Waals surface area contributed by atoms with Gasteiger partial charge in [-0.15, -0.1) is 0 Å². The molecule has 10 heavy (non-hydrogen) atoms. The van der Waals surface area contributed by atoms with E-state index in [0.717, 1.165) is 6.42 Å². The van der Waals surface area contributed by atoms with Crippen molar-refractivity contribution in [2.75, 3.05) is 0 Å². The third-order valence-electron chi connectivity index (χ3n) is 2.15. The van der Waals surface area contributed by atoms with Crippen molar-refractivity contribution in [3.63, 3.8) is 0 Å². The summed E-state index contributed by atoms with van der Waals surface area (Å²) in [5.41, 5.74) is 1.43.